The third kappa shape index (κ3) is 3.80. The Morgan fingerprint density at radius 3 is 2.52 bits per heavy atom. The van der Waals surface area contributed by atoms with E-state index in [1.54, 1.807) is 6.07 Å². The lowest BCUT2D eigenvalue weighted by Crippen LogP contribution is -2.02. The van der Waals surface area contributed by atoms with E-state index in [9.17, 15) is 4.79 Å². The maximum Gasteiger partial charge on any atom is 0.308 e. The van der Waals surface area contributed by atoms with Gasteiger partial charge in [-0.25, -0.2) is 9.67 Å². The number of esters is 1. The fourth-order valence-electron chi connectivity index (χ4n) is 3.35. The fraction of sp³-hybridized carbons (Fsp3) is 0.125. The molecule has 2 heterocycles. The zero-order valence-corrected chi connectivity index (χ0v) is 16.6. The first kappa shape index (κ1) is 18.6. The number of ether oxygens (including phenoxy) is 1. The molecule has 0 saturated carbocycles. The lowest BCUT2D eigenvalue weighted by molar-refractivity contribution is -0.131. The van der Waals surface area contributed by atoms with Crippen molar-refractivity contribution < 1.29 is 9.53 Å². The molecule has 0 bridgehead atoms. The van der Waals surface area contributed by atoms with Gasteiger partial charge in [0.15, 0.2) is 5.75 Å². The van der Waals surface area contributed by atoms with E-state index in [1.807, 2.05) is 78.4 Å². The second-order valence-corrected chi connectivity index (χ2v) is 6.82. The zero-order chi connectivity index (χ0) is 20.4. The number of hydrogen-bond donors (Lipinski definition) is 0. The summed E-state index contributed by atoms with van der Waals surface area (Å²) in [4.78, 5) is 16.0. The van der Waals surface area contributed by atoms with Gasteiger partial charge in [0, 0.05) is 23.6 Å². The summed E-state index contributed by atoms with van der Waals surface area (Å²) >= 11 is 0. The highest BCUT2D eigenvalue weighted by molar-refractivity contribution is 5.88. The maximum absolute atomic E-state index is 11.4. The highest BCUT2D eigenvalue weighted by atomic mass is 16.5. The van der Waals surface area contributed by atoms with Gasteiger partial charge in [0.25, 0.3) is 0 Å². The first-order valence-electron chi connectivity index (χ1n) is 9.41. The van der Waals surface area contributed by atoms with Crippen LogP contribution in [0.15, 0.2) is 60.7 Å². The predicted molar refractivity (Wildman–Crippen MR) is 115 cm³/mol. The van der Waals surface area contributed by atoms with Gasteiger partial charge in [-0.05, 0) is 50.3 Å². The van der Waals surface area contributed by atoms with Gasteiger partial charge in [-0.1, -0.05) is 36.4 Å². The Morgan fingerprint density at radius 2 is 1.76 bits per heavy atom. The van der Waals surface area contributed by atoms with Crippen LogP contribution in [0.1, 0.15) is 29.6 Å². The molecular formula is C24H21N3O2. The van der Waals surface area contributed by atoms with Gasteiger partial charge in [0.1, 0.15) is 5.52 Å². The Hall–Kier alpha value is -3.73. The Kier molecular flexibility index (Phi) is 4.96. The van der Waals surface area contributed by atoms with Crippen molar-refractivity contribution in [3.05, 3.63) is 83.3 Å². The molecule has 0 aliphatic rings. The minimum atomic E-state index is -0.361. The third-order valence-electron chi connectivity index (χ3n) is 4.73. The molecule has 0 unspecified atom stereocenters. The van der Waals surface area contributed by atoms with Crippen molar-refractivity contribution in [2.45, 2.75) is 20.8 Å². The van der Waals surface area contributed by atoms with E-state index in [0.717, 1.165) is 33.7 Å². The Bertz CT molecular complexity index is 1220. The summed E-state index contributed by atoms with van der Waals surface area (Å²) in [6, 6.07) is 19.5. The molecular weight excluding hydrogens is 362 g/mol. The van der Waals surface area contributed by atoms with Gasteiger partial charge in [-0.15, -0.1) is 0 Å². The van der Waals surface area contributed by atoms with Crippen molar-refractivity contribution in [3.63, 3.8) is 0 Å². The summed E-state index contributed by atoms with van der Waals surface area (Å²) in [7, 11) is 0. The average Bonchev–Trinajstić information content (AvgIpc) is 3.00. The number of nitrogens with zero attached hydrogens (tertiary/aromatic N) is 3. The van der Waals surface area contributed by atoms with Gasteiger partial charge >= 0.3 is 5.97 Å². The largest absolute Gasteiger partial charge is 0.424 e. The van der Waals surface area contributed by atoms with Crippen LogP contribution in [0.4, 0.5) is 0 Å². The fourth-order valence-corrected chi connectivity index (χ4v) is 3.35. The van der Waals surface area contributed by atoms with E-state index < -0.39 is 0 Å². The number of aromatic nitrogens is 3. The smallest absolute Gasteiger partial charge is 0.308 e. The molecule has 0 radical (unpaired) electrons. The highest BCUT2D eigenvalue weighted by Gasteiger charge is 2.11. The summed E-state index contributed by atoms with van der Waals surface area (Å²) in [5.41, 5.74) is 5.54. The molecule has 0 N–H and O–H groups in total. The molecule has 4 rings (SSSR count). The van der Waals surface area contributed by atoms with Gasteiger partial charge in [0.05, 0.1) is 17.1 Å². The minimum absolute atomic E-state index is 0.361. The second-order valence-electron chi connectivity index (χ2n) is 6.82. The van der Waals surface area contributed by atoms with Crippen LogP contribution in [0.3, 0.4) is 0 Å². The van der Waals surface area contributed by atoms with Gasteiger partial charge in [0.2, 0.25) is 0 Å². The SMILES string of the molecule is CC(=O)Oc1cccc2ccc(/C=C/c3c(C)nn(-c4ccccc4)c3C)nc12. The van der Waals surface area contributed by atoms with Crippen molar-refractivity contribution in [1.82, 2.24) is 14.8 Å². The van der Waals surface area contributed by atoms with Crippen LogP contribution < -0.4 is 4.74 Å². The molecule has 5 heteroatoms. The third-order valence-corrected chi connectivity index (χ3v) is 4.73. The molecule has 0 atom stereocenters. The summed E-state index contributed by atoms with van der Waals surface area (Å²) in [6.45, 7) is 5.44. The van der Waals surface area contributed by atoms with Crippen LogP contribution in [0, 0.1) is 13.8 Å². The highest BCUT2D eigenvalue weighted by Crippen LogP contribution is 2.25. The maximum atomic E-state index is 11.4. The number of fused-ring (bicyclic) bond motifs is 1. The van der Waals surface area contributed by atoms with E-state index in [4.69, 9.17) is 4.74 Å². The Balaban J connectivity index is 1.70. The quantitative estimate of drug-likeness (QED) is 0.362. The van der Waals surface area contributed by atoms with E-state index in [2.05, 4.69) is 17.0 Å². The molecule has 5 nitrogen and oxygen atoms in total. The summed E-state index contributed by atoms with van der Waals surface area (Å²) in [5.74, 6) is 0.106. The summed E-state index contributed by atoms with van der Waals surface area (Å²) in [5, 5.41) is 5.60. The zero-order valence-electron chi connectivity index (χ0n) is 16.6. The lowest BCUT2D eigenvalue weighted by atomic mass is 10.1. The average molecular weight is 383 g/mol. The number of aryl methyl sites for hydroxylation is 1. The number of pyridine rings is 1. The van der Waals surface area contributed by atoms with Gasteiger partial charge in [-0.2, -0.15) is 5.10 Å². The van der Waals surface area contributed by atoms with E-state index >= 15 is 0 Å². The molecule has 0 aliphatic carbocycles. The number of carbonyl (C=O) groups is 1. The monoisotopic (exact) mass is 383 g/mol. The normalized spacial score (nSPS) is 11.3. The van der Waals surface area contributed by atoms with Crippen LogP contribution in [0.5, 0.6) is 5.75 Å². The molecule has 0 amide bonds. The number of carbonyl (C=O) groups excluding carboxylic acids is 1. The van der Waals surface area contributed by atoms with E-state index in [1.165, 1.54) is 6.92 Å². The standard InChI is InChI=1S/C24H21N3O2/c1-16-22(17(2)27(26-16)21-9-5-4-6-10-21)15-14-20-13-12-19-8-7-11-23(24(19)25-20)29-18(3)28/h4-15H,1-3H3/b15-14+. The molecule has 0 saturated heterocycles. The van der Waals surface area contributed by atoms with Crippen molar-refractivity contribution in [3.8, 4) is 11.4 Å². The van der Waals surface area contributed by atoms with Gasteiger partial charge < -0.3 is 4.74 Å². The second kappa shape index (κ2) is 7.72. The van der Waals surface area contributed by atoms with Crippen LogP contribution in [0.25, 0.3) is 28.7 Å². The van der Waals surface area contributed by atoms with Crippen LogP contribution >= 0.6 is 0 Å². The van der Waals surface area contributed by atoms with Crippen molar-refractivity contribution in [1.29, 1.82) is 0 Å². The Morgan fingerprint density at radius 1 is 0.966 bits per heavy atom. The number of rotatable bonds is 4. The van der Waals surface area contributed by atoms with Crippen LogP contribution in [-0.4, -0.2) is 20.7 Å². The lowest BCUT2D eigenvalue weighted by Gasteiger charge is -2.06. The van der Waals surface area contributed by atoms with Gasteiger partial charge in [-0.3, -0.25) is 4.79 Å². The number of para-hydroxylation sites is 2. The van der Waals surface area contributed by atoms with Crippen molar-refractivity contribution in [2.75, 3.05) is 0 Å². The number of hydrogen-bond acceptors (Lipinski definition) is 4. The first-order chi connectivity index (χ1) is 14.0. The predicted octanol–water partition coefficient (Wildman–Crippen LogP) is 5.13. The molecule has 29 heavy (non-hydrogen) atoms. The van der Waals surface area contributed by atoms with Crippen molar-refractivity contribution in [2.24, 2.45) is 0 Å². The molecule has 0 fully saturated rings. The molecule has 0 spiro atoms. The number of benzene rings is 2. The minimum Gasteiger partial charge on any atom is -0.424 e. The molecule has 2 aromatic carbocycles. The van der Waals surface area contributed by atoms with E-state index in [-0.39, 0.29) is 5.97 Å². The van der Waals surface area contributed by atoms with Crippen LogP contribution in [0.2, 0.25) is 0 Å². The van der Waals surface area contributed by atoms with Crippen molar-refractivity contribution >= 4 is 29.0 Å². The molecule has 4 aromatic rings. The Labute approximate surface area is 169 Å². The molecule has 144 valence electrons. The molecule has 0 aliphatic heterocycles. The van der Waals surface area contributed by atoms with E-state index in [0.29, 0.717) is 11.3 Å². The topological polar surface area (TPSA) is 57.0 Å². The first-order valence-corrected chi connectivity index (χ1v) is 9.41. The van der Waals surface area contributed by atoms with Crippen LogP contribution in [-0.2, 0) is 4.79 Å². The summed E-state index contributed by atoms with van der Waals surface area (Å²) < 4.78 is 7.24. The summed E-state index contributed by atoms with van der Waals surface area (Å²) in [6.07, 6.45) is 3.98. The molecule has 2 aromatic heterocycles.